The maximum absolute atomic E-state index is 12.9. The standard InChI is InChI=1S/C72H128O6/c1-4-7-10-13-16-19-22-25-28-31-33-35-36-38-39-41-44-47-50-53-56-59-62-65-71(74)77-68-69(67-76-70(73)64-61-58-55-52-49-46-43-30-27-24-21-18-15-12-9-6-3)78-72(75)66-63-60-57-54-51-48-45-42-40-37-34-32-29-26-23-20-17-14-11-8-5-2/h8,11,17,20,22,25-26,29,31,33-34,37,69H,4-7,9-10,12-16,18-19,21,23-24,27-28,30,32,35-36,38-68H2,1-3H3/b11-8-,20-17-,25-22-,29-26-,33-31-,37-34-. The lowest BCUT2D eigenvalue weighted by molar-refractivity contribution is -0.167. The van der Waals surface area contributed by atoms with Crippen molar-refractivity contribution >= 4 is 17.9 Å². The first-order valence-corrected chi connectivity index (χ1v) is 33.9. The van der Waals surface area contributed by atoms with Crippen molar-refractivity contribution in [3.8, 4) is 0 Å². The lowest BCUT2D eigenvalue weighted by atomic mass is 10.0. The summed E-state index contributed by atoms with van der Waals surface area (Å²) in [6.07, 6.45) is 86.2. The Labute approximate surface area is 484 Å². The van der Waals surface area contributed by atoms with Crippen molar-refractivity contribution in [2.45, 2.75) is 354 Å². The highest BCUT2D eigenvalue weighted by Crippen LogP contribution is 2.17. The van der Waals surface area contributed by atoms with Crippen LogP contribution in [-0.2, 0) is 28.6 Å². The summed E-state index contributed by atoms with van der Waals surface area (Å²) >= 11 is 0. The van der Waals surface area contributed by atoms with Crippen LogP contribution >= 0.6 is 0 Å². The normalized spacial score (nSPS) is 12.5. The maximum atomic E-state index is 12.9. The van der Waals surface area contributed by atoms with Gasteiger partial charge in [0.1, 0.15) is 13.2 Å². The van der Waals surface area contributed by atoms with Crippen LogP contribution in [0.1, 0.15) is 348 Å². The molecular formula is C72H128O6. The van der Waals surface area contributed by atoms with Crippen LogP contribution in [0, 0.1) is 0 Å². The Balaban J connectivity index is 4.35. The van der Waals surface area contributed by atoms with E-state index >= 15 is 0 Å². The van der Waals surface area contributed by atoms with Gasteiger partial charge in [0.25, 0.3) is 0 Å². The molecule has 6 heteroatoms. The number of allylic oxidation sites excluding steroid dienone is 12. The van der Waals surface area contributed by atoms with Gasteiger partial charge in [-0.2, -0.15) is 0 Å². The minimum atomic E-state index is -0.781. The van der Waals surface area contributed by atoms with E-state index in [0.29, 0.717) is 19.3 Å². The van der Waals surface area contributed by atoms with E-state index in [9.17, 15) is 14.4 Å². The lowest BCUT2D eigenvalue weighted by Gasteiger charge is -2.18. The van der Waals surface area contributed by atoms with Crippen LogP contribution in [0.4, 0.5) is 0 Å². The lowest BCUT2D eigenvalue weighted by Crippen LogP contribution is -2.30. The van der Waals surface area contributed by atoms with Gasteiger partial charge in [-0.15, -0.1) is 0 Å². The number of carbonyl (C=O) groups excluding carboxylic acids is 3. The second-order valence-electron chi connectivity index (χ2n) is 22.7. The summed E-state index contributed by atoms with van der Waals surface area (Å²) in [6.45, 7) is 6.56. The van der Waals surface area contributed by atoms with Gasteiger partial charge in [-0.3, -0.25) is 14.4 Å². The van der Waals surface area contributed by atoms with Crippen LogP contribution in [0.25, 0.3) is 0 Å². The summed E-state index contributed by atoms with van der Waals surface area (Å²) in [5.41, 5.74) is 0. The molecule has 0 aliphatic heterocycles. The van der Waals surface area contributed by atoms with Crippen LogP contribution in [0.5, 0.6) is 0 Å². The third-order valence-electron chi connectivity index (χ3n) is 14.9. The topological polar surface area (TPSA) is 78.9 Å². The molecule has 0 N–H and O–H groups in total. The molecule has 0 aromatic rings. The summed E-state index contributed by atoms with van der Waals surface area (Å²) < 4.78 is 17.0. The fraction of sp³-hybridized carbons (Fsp3) is 0.792. The van der Waals surface area contributed by atoms with Crippen LogP contribution < -0.4 is 0 Å². The van der Waals surface area contributed by atoms with E-state index in [-0.39, 0.29) is 31.1 Å². The third-order valence-corrected chi connectivity index (χ3v) is 14.9. The molecule has 0 heterocycles. The fourth-order valence-corrected chi connectivity index (χ4v) is 9.88. The molecule has 0 aliphatic carbocycles. The number of esters is 3. The highest BCUT2D eigenvalue weighted by Gasteiger charge is 2.19. The molecule has 78 heavy (non-hydrogen) atoms. The first-order valence-electron chi connectivity index (χ1n) is 33.9. The van der Waals surface area contributed by atoms with Crippen LogP contribution in [0.3, 0.4) is 0 Å². The van der Waals surface area contributed by atoms with Crippen LogP contribution in [-0.4, -0.2) is 37.2 Å². The molecule has 0 aromatic carbocycles. The zero-order valence-corrected chi connectivity index (χ0v) is 51.9. The average Bonchev–Trinajstić information content (AvgIpc) is 3.44. The zero-order chi connectivity index (χ0) is 56.4. The SMILES string of the molecule is CC/C=C\C/C=C\C/C=C\C/C=C\CCCCCCCCCCC(=O)OC(COC(=O)CCCCCCCCCCCCC/C=C\C/C=C\CCCCCCC)COC(=O)CCCCCCCCCCCCCCCCCC. The predicted octanol–water partition coefficient (Wildman–Crippen LogP) is 23.3. The van der Waals surface area contributed by atoms with Gasteiger partial charge in [-0.05, 0) is 89.9 Å². The molecule has 1 unspecified atom stereocenters. The molecule has 0 bridgehead atoms. The fourth-order valence-electron chi connectivity index (χ4n) is 9.88. The van der Waals surface area contributed by atoms with Gasteiger partial charge < -0.3 is 14.2 Å². The summed E-state index contributed by atoms with van der Waals surface area (Å²) in [6, 6.07) is 0. The van der Waals surface area contributed by atoms with Crippen molar-refractivity contribution in [3.05, 3.63) is 72.9 Å². The first kappa shape index (κ1) is 74.8. The second-order valence-corrected chi connectivity index (χ2v) is 22.7. The van der Waals surface area contributed by atoms with Crippen molar-refractivity contribution in [1.82, 2.24) is 0 Å². The van der Waals surface area contributed by atoms with Gasteiger partial charge in [0.05, 0.1) is 0 Å². The van der Waals surface area contributed by atoms with E-state index in [0.717, 1.165) is 96.3 Å². The number of rotatable bonds is 62. The summed E-state index contributed by atoms with van der Waals surface area (Å²) in [5.74, 6) is -0.865. The second kappa shape index (κ2) is 66.4. The Hall–Kier alpha value is -3.15. The van der Waals surface area contributed by atoms with Crippen molar-refractivity contribution in [3.63, 3.8) is 0 Å². The molecular weight excluding hydrogens is 961 g/mol. The van der Waals surface area contributed by atoms with Gasteiger partial charge in [0.2, 0.25) is 0 Å². The Bertz CT molecular complexity index is 1440. The molecule has 0 saturated carbocycles. The summed E-state index contributed by atoms with van der Waals surface area (Å²) in [7, 11) is 0. The van der Waals surface area contributed by atoms with E-state index in [1.165, 1.54) is 212 Å². The van der Waals surface area contributed by atoms with Gasteiger partial charge in [-0.1, -0.05) is 312 Å². The number of hydrogen-bond donors (Lipinski definition) is 0. The van der Waals surface area contributed by atoms with E-state index in [2.05, 4.69) is 93.7 Å². The van der Waals surface area contributed by atoms with E-state index in [4.69, 9.17) is 14.2 Å². The average molecular weight is 1090 g/mol. The Kier molecular flexibility index (Phi) is 63.7. The van der Waals surface area contributed by atoms with Crippen molar-refractivity contribution in [1.29, 1.82) is 0 Å². The number of carbonyl (C=O) groups is 3. The number of ether oxygens (including phenoxy) is 3. The molecule has 1 atom stereocenters. The monoisotopic (exact) mass is 1090 g/mol. The van der Waals surface area contributed by atoms with E-state index in [1.54, 1.807) is 0 Å². The Morgan fingerprint density at radius 1 is 0.269 bits per heavy atom. The minimum Gasteiger partial charge on any atom is -0.462 e. The summed E-state index contributed by atoms with van der Waals surface area (Å²) in [4.78, 5) is 38.4. The molecule has 0 rings (SSSR count). The number of hydrogen-bond acceptors (Lipinski definition) is 6. The molecule has 452 valence electrons. The first-order chi connectivity index (χ1) is 38.5. The highest BCUT2D eigenvalue weighted by atomic mass is 16.6. The smallest absolute Gasteiger partial charge is 0.306 e. The Morgan fingerprint density at radius 2 is 0.500 bits per heavy atom. The molecule has 0 aromatic heterocycles. The van der Waals surface area contributed by atoms with E-state index < -0.39 is 6.10 Å². The van der Waals surface area contributed by atoms with Crippen molar-refractivity contribution in [2.75, 3.05) is 13.2 Å². The van der Waals surface area contributed by atoms with Gasteiger partial charge >= 0.3 is 17.9 Å². The van der Waals surface area contributed by atoms with Crippen LogP contribution in [0.15, 0.2) is 72.9 Å². The van der Waals surface area contributed by atoms with Gasteiger partial charge in [-0.25, -0.2) is 0 Å². The van der Waals surface area contributed by atoms with Crippen molar-refractivity contribution in [2.24, 2.45) is 0 Å². The van der Waals surface area contributed by atoms with E-state index in [1.807, 2.05) is 0 Å². The predicted molar refractivity (Wildman–Crippen MR) is 339 cm³/mol. The molecule has 0 fully saturated rings. The Morgan fingerprint density at radius 3 is 0.782 bits per heavy atom. The molecule has 0 aliphatic rings. The molecule has 6 nitrogen and oxygen atoms in total. The van der Waals surface area contributed by atoms with Crippen LogP contribution in [0.2, 0.25) is 0 Å². The quantitative estimate of drug-likeness (QED) is 0.0261. The highest BCUT2D eigenvalue weighted by molar-refractivity contribution is 5.71. The largest absolute Gasteiger partial charge is 0.462 e. The summed E-state index contributed by atoms with van der Waals surface area (Å²) in [5, 5.41) is 0. The molecule has 0 radical (unpaired) electrons. The minimum absolute atomic E-state index is 0.0756. The van der Waals surface area contributed by atoms with Gasteiger partial charge in [0.15, 0.2) is 6.10 Å². The van der Waals surface area contributed by atoms with Gasteiger partial charge in [0, 0.05) is 19.3 Å². The molecule has 0 saturated heterocycles. The third kappa shape index (κ3) is 63.7. The number of unbranched alkanes of at least 4 members (excludes halogenated alkanes) is 39. The molecule has 0 spiro atoms. The zero-order valence-electron chi connectivity index (χ0n) is 51.9. The van der Waals surface area contributed by atoms with Crippen molar-refractivity contribution < 1.29 is 28.6 Å². The molecule has 0 amide bonds. The maximum Gasteiger partial charge on any atom is 0.306 e.